The van der Waals surface area contributed by atoms with Gasteiger partial charge in [0.1, 0.15) is 8.07 Å². The molecule has 0 aromatic heterocycles. The summed E-state index contributed by atoms with van der Waals surface area (Å²) in [6.07, 6.45) is 0.413. The molecular formula is C23H36OSi. The van der Waals surface area contributed by atoms with E-state index in [0.717, 1.165) is 5.56 Å². The zero-order valence-electron chi connectivity index (χ0n) is 17.7. The van der Waals surface area contributed by atoms with Gasteiger partial charge in [0.05, 0.1) is 0 Å². The lowest BCUT2D eigenvalue weighted by Gasteiger charge is -2.37. The average Bonchev–Trinajstić information content (AvgIpc) is 2.46. The van der Waals surface area contributed by atoms with Gasteiger partial charge in [0.15, 0.2) is 0 Å². The molecule has 25 heavy (non-hydrogen) atoms. The van der Waals surface area contributed by atoms with Crippen molar-refractivity contribution in [3.05, 3.63) is 35.4 Å². The molecule has 138 valence electrons. The standard InChI is InChI=1S/C23H36OSi/c1-17(2)25(18(3)4,19(5)6)15-14-22(24)16-20-10-12-21(13-11-20)23(7,8)9/h10-13,17-19H,16H2,1-9H3. The van der Waals surface area contributed by atoms with Crippen LogP contribution in [-0.2, 0) is 16.6 Å². The molecule has 0 aliphatic rings. The Morgan fingerprint density at radius 3 is 1.72 bits per heavy atom. The lowest BCUT2D eigenvalue weighted by Crippen LogP contribution is -2.43. The molecule has 1 nitrogen and oxygen atoms in total. The van der Waals surface area contributed by atoms with E-state index in [4.69, 9.17) is 0 Å². The topological polar surface area (TPSA) is 17.1 Å². The van der Waals surface area contributed by atoms with Crippen LogP contribution in [0.25, 0.3) is 0 Å². The van der Waals surface area contributed by atoms with Gasteiger partial charge in [-0.2, -0.15) is 0 Å². The van der Waals surface area contributed by atoms with Crippen LogP contribution >= 0.6 is 0 Å². The van der Waals surface area contributed by atoms with E-state index < -0.39 is 8.07 Å². The summed E-state index contributed by atoms with van der Waals surface area (Å²) in [4.78, 5) is 12.5. The minimum Gasteiger partial charge on any atom is -0.285 e. The van der Waals surface area contributed by atoms with E-state index in [1.54, 1.807) is 0 Å². The van der Waals surface area contributed by atoms with E-state index in [9.17, 15) is 4.79 Å². The minimum absolute atomic E-state index is 0.0438. The third-order valence-electron chi connectivity index (χ3n) is 5.47. The summed E-state index contributed by atoms with van der Waals surface area (Å²) in [6, 6.07) is 8.40. The molecule has 2 heteroatoms. The van der Waals surface area contributed by atoms with Gasteiger partial charge in [-0.05, 0) is 39.1 Å². The predicted octanol–water partition coefficient (Wildman–Crippen LogP) is 6.32. The van der Waals surface area contributed by atoms with Gasteiger partial charge >= 0.3 is 0 Å². The van der Waals surface area contributed by atoms with Crippen molar-refractivity contribution in [3.63, 3.8) is 0 Å². The van der Waals surface area contributed by atoms with Crippen molar-refractivity contribution in [1.29, 1.82) is 0 Å². The molecule has 0 radical (unpaired) electrons. The number of rotatable bonds is 5. The van der Waals surface area contributed by atoms with E-state index in [1.807, 2.05) is 0 Å². The van der Waals surface area contributed by atoms with Gasteiger partial charge in [-0.25, -0.2) is 0 Å². The Balaban J connectivity index is 2.98. The zero-order chi connectivity index (χ0) is 19.4. The summed E-state index contributed by atoms with van der Waals surface area (Å²) in [6.45, 7) is 20.2. The third kappa shape index (κ3) is 5.32. The first-order valence-corrected chi connectivity index (χ1v) is 11.8. The van der Waals surface area contributed by atoms with Crippen molar-refractivity contribution in [2.45, 2.75) is 90.8 Å². The summed E-state index contributed by atoms with van der Waals surface area (Å²) < 4.78 is 0. The number of carbonyl (C=O) groups is 1. The highest BCUT2D eigenvalue weighted by Gasteiger charge is 2.41. The molecule has 0 aliphatic heterocycles. The number of benzene rings is 1. The molecule has 0 saturated carbocycles. The molecule has 1 aromatic rings. The zero-order valence-corrected chi connectivity index (χ0v) is 18.7. The van der Waals surface area contributed by atoms with Crippen LogP contribution in [0.3, 0.4) is 0 Å². The van der Waals surface area contributed by atoms with Crippen molar-refractivity contribution in [2.75, 3.05) is 0 Å². The highest BCUT2D eigenvalue weighted by atomic mass is 28.3. The molecular weight excluding hydrogens is 320 g/mol. The Bertz CT molecular complexity index is 612. The molecule has 0 amide bonds. The van der Waals surface area contributed by atoms with Crippen LogP contribution < -0.4 is 0 Å². The van der Waals surface area contributed by atoms with Crippen LogP contribution in [-0.4, -0.2) is 13.9 Å². The molecule has 1 rings (SSSR count). The van der Waals surface area contributed by atoms with Gasteiger partial charge in [-0.1, -0.05) is 86.6 Å². The fraction of sp³-hybridized carbons (Fsp3) is 0.609. The summed E-state index contributed by atoms with van der Waals surface area (Å²) in [7, 11) is -1.82. The van der Waals surface area contributed by atoms with Crippen LogP contribution in [0.5, 0.6) is 0 Å². The second kappa shape index (κ2) is 8.36. The molecule has 0 unspecified atom stereocenters. The first kappa shape index (κ1) is 21.7. The molecule has 0 aliphatic carbocycles. The first-order chi connectivity index (χ1) is 11.4. The number of Topliss-reactive ketones (excluding diaryl/α,β-unsaturated/α-hetero) is 1. The minimum atomic E-state index is -1.82. The fourth-order valence-corrected chi connectivity index (χ4v) is 9.19. The number of carbonyl (C=O) groups excluding carboxylic acids is 1. The number of hydrogen-bond acceptors (Lipinski definition) is 1. The van der Waals surface area contributed by atoms with Crippen LogP contribution in [0, 0.1) is 11.5 Å². The van der Waals surface area contributed by atoms with Gasteiger partial charge in [0.2, 0.25) is 5.78 Å². The molecule has 0 fully saturated rings. The maximum absolute atomic E-state index is 12.5. The van der Waals surface area contributed by atoms with Crippen molar-refractivity contribution in [1.82, 2.24) is 0 Å². The molecule has 0 bridgehead atoms. The number of hydrogen-bond donors (Lipinski definition) is 0. The lowest BCUT2D eigenvalue weighted by molar-refractivity contribution is -0.113. The predicted molar refractivity (Wildman–Crippen MR) is 113 cm³/mol. The summed E-state index contributed by atoms with van der Waals surface area (Å²) in [5.74, 6) is 3.08. The molecule has 0 spiro atoms. The third-order valence-corrected chi connectivity index (χ3v) is 11.8. The van der Waals surface area contributed by atoms with Crippen LogP contribution in [0.1, 0.15) is 73.4 Å². The van der Waals surface area contributed by atoms with Crippen LogP contribution in [0.15, 0.2) is 24.3 Å². The molecule has 0 N–H and O–H groups in total. The van der Waals surface area contributed by atoms with Gasteiger partial charge < -0.3 is 0 Å². The largest absolute Gasteiger partial charge is 0.285 e. The Morgan fingerprint density at radius 2 is 1.36 bits per heavy atom. The maximum Gasteiger partial charge on any atom is 0.209 e. The van der Waals surface area contributed by atoms with Crippen LogP contribution in [0.2, 0.25) is 16.6 Å². The average molecular weight is 357 g/mol. The smallest absolute Gasteiger partial charge is 0.209 e. The van der Waals surface area contributed by atoms with Crippen molar-refractivity contribution < 1.29 is 4.79 Å². The van der Waals surface area contributed by atoms with Crippen LogP contribution in [0.4, 0.5) is 0 Å². The molecule has 0 saturated heterocycles. The van der Waals surface area contributed by atoms with Gasteiger partial charge in [0, 0.05) is 6.42 Å². The second-order valence-corrected chi connectivity index (χ2v) is 14.8. The maximum atomic E-state index is 12.5. The van der Waals surface area contributed by atoms with E-state index in [0.29, 0.717) is 23.0 Å². The monoisotopic (exact) mass is 356 g/mol. The SMILES string of the molecule is CC(C)[Si](C#CC(=O)Cc1ccc(C(C)(C)C)cc1)(C(C)C)C(C)C. The van der Waals surface area contributed by atoms with Gasteiger partial charge in [0.25, 0.3) is 0 Å². The van der Waals surface area contributed by atoms with Crippen molar-refractivity contribution >= 4 is 13.9 Å². The van der Waals surface area contributed by atoms with E-state index in [-0.39, 0.29) is 11.2 Å². The Labute approximate surface area is 156 Å². The van der Waals surface area contributed by atoms with E-state index in [2.05, 4.69) is 98.0 Å². The van der Waals surface area contributed by atoms with Crippen molar-refractivity contribution in [2.24, 2.45) is 0 Å². The Morgan fingerprint density at radius 1 is 0.920 bits per heavy atom. The molecule has 1 aromatic carbocycles. The fourth-order valence-electron chi connectivity index (χ4n) is 3.96. The van der Waals surface area contributed by atoms with E-state index in [1.165, 1.54) is 5.56 Å². The first-order valence-electron chi connectivity index (χ1n) is 9.56. The Kier molecular flexibility index (Phi) is 7.26. The van der Waals surface area contributed by atoms with E-state index >= 15 is 0 Å². The summed E-state index contributed by atoms with van der Waals surface area (Å²) >= 11 is 0. The second-order valence-electron chi connectivity index (χ2n) is 9.19. The summed E-state index contributed by atoms with van der Waals surface area (Å²) in [5, 5.41) is 0. The lowest BCUT2D eigenvalue weighted by atomic mass is 9.86. The van der Waals surface area contributed by atoms with Gasteiger partial charge in [-0.3, -0.25) is 4.79 Å². The molecule has 0 heterocycles. The highest BCUT2D eigenvalue weighted by molar-refractivity contribution is 6.90. The quantitative estimate of drug-likeness (QED) is 0.446. The summed E-state index contributed by atoms with van der Waals surface area (Å²) in [5.41, 5.74) is 7.67. The Hall–Kier alpha value is -1.33. The van der Waals surface area contributed by atoms with Gasteiger partial charge in [-0.15, -0.1) is 5.54 Å². The van der Waals surface area contributed by atoms with Crippen molar-refractivity contribution in [3.8, 4) is 11.5 Å². The molecule has 0 atom stereocenters. The highest BCUT2D eigenvalue weighted by Crippen LogP contribution is 2.40. The normalized spacial score (nSPS) is 12.5. The number of ketones is 1.